The maximum absolute atomic E-state index is 13.8. The van der Waals surface area contributed by atoms with Crippen LogP contribution >= 0.6 is 24.0 Å². The Balaban J connectivity index is 1.48. The zero-order valence-corrected chi connectivity index (χ0v) is 21.2. The van der Waals surface area contributed by atoms with Crippen LogP contribution < -0.4 is 10.5 Å². The molecule has 3 aromatic rings. The number of amides is 1. The molecule has 1 saturated carbocycles. The maximum atomic E-state index is 13.8. The van der Waals surface area contributed by atoms with E-state index in [2.05, 4.69) is 23.1 Å². The van der Waals surface area contributed by atoms with Gasteiger partial charge in [-0.2, -0.15) is 0 Å². The van der Waals surface area contributed by atoms with Crippen molar-refractivity contribution >= 4 is 51.7 Å². The third-order valence-corrected chi connectivity index (χ3v) is 8.61. The molecule has 0 radical (unpaired) electrons. The molecule has 2 fully saturated rings. The normalized spacial score (nSPS) is 19.9. The van der Waals surface area contributed by atoms with Crippen LogP contribution in [0, 0.1) is 6.92 Å². The molecule has 1 saturated heterocycles. The van der Waals surface area contributed by atoms with Crippen LogP contribution in [0.25, 0.3) is 11.7 Å². The number of thioether (sulfide) groups is 1. The number of aromatic nitrogens is 2. The second-order valence-corrected chi connectivity index (χ2v) is 11.1. The van der Waals surface area contributed by atoms with Crippen molar-refractivity contribution in [2.24, 2.45) is 0 Å². The quantitative estimate of drug-likeness (QED) is 0.382. The summed E-state index contributed by atoms with van der Waals surface area (Å²) in [6.45, 7) is 3.40. The van der Waals surface area contributed by atoms with Gasteiger partial charge in [-0.3, -0.25) is 18.9 Å². The number of anilines is 1. The van der Waals surface area contributed by atoms with Gasteiger partial charge < -0.3 is 4.90 Å². The minimum atomic E-state index is -0.168. The molecule has 2 aromatic heterocycles. The largest absolute Gasteiger partial charge is 0.351 e. The first kappa shape index (κ1) is 22.5. The van der Waals surface area contributed by atoms with E-state index >= 15 is 0 Å². The molecule has 1 aromatic carbocycles. The zero-order chi connectivity index (χ0) is 24.1. The zero-order valence-electron chi connectivity index (χ0n) is 19.6. The predicted molar refractivity (Wildman–Crippen MR) is 145 cm³/mol. The predicted octanol–water partition coefficient (Wildman–Crippen LogP) is 4.71. The molecule has 0 unspecified atom stereocenters. The fourth-order valence-corrected chi connectivity index (χ4v) is 6.81. The van der Waals surface area contributed by atoms with Crippen LogP contribution in [-0.2, 0) is 17.8 Å². The van der Waals surface area contributed by atoms with Gasteiger partial charge in [0.25, 0.3) is 11.5 Å². The van der Waals surface area contributed by atoms with Gasteiger partial charge in [-0.25, -0.2) is 4.98 Å². The van der Waals surface area contributed by atoms with E-state index in [4.69, 9.17) is 17.2 Å². The summed E-state index contributed by atoms with van der Waals surface area (Å²) in [5.41, 5.74) is 4.42. The number of hydrogen-bond donors (Lipinski definition) is 0. The molecule has 3 aliphatic rings. The first-order valence-corrected chi connectivity index (χ1v) is 13.3. The summed E-state index contributed by atoms with van der Waals surface area (Å²) >= 11 is 6.89. The number of fused-ring (bicyclic) bond motifs is 2. The fraction of sp³-hybridized carbons (Fsp3) is 0.333. The van der Waals surface area contributed by atoms with Gasteiger partial charge in [0.1, 0.15) is 15.8 Å². The lowest BCUT2D eigenvalue weighted by atomic mass is 9.99. The van der Waals surface area contributed by atoms with Gasteiger partial charge in [0.2, 0.25) is 0 Å². The van der Waals surface area contributed by atoms with Gasteiger partial charge in [-0.1, -0.05) is 67.2 Å². The molecule has 0 atom stereocenters. The van der Waals surface area contributed by atoms with Gasteiger partial charge in [-0.15, -0.1) is 0 Å². The molecule has 1 aliphatic carbocycles. The van der Waals surface area contributed by atoms with Crippen molar-refractivity contribution in [3.63, 3.8) is 0 Å². The number of carbonyl (C=O) groups is 1. The minimum Gasteiger partial charge on any atom is -0.351 e. The van der Waals surface area contributed by atoms with E-state index in [-0.39, 0.29) is 17.5 Å². The molecule has 6 nitrogen and oxygen atoms in total. The smallest absolute Gasteiger partial charge is 0.267 e. The van der Waals surface area contributed by atoms with Crippen LogP contribution in [-0.4, -0.2) is 37.1 Å². The molecule has 0 spiro atoms. The van der Waals surface area contributed by atoms with Crippen LogP contribution in [0.2, 0.25) is 0 Å². The average molecular weight is 503 g/mol. The lowest BCUT2D eigenvalue weighted by molar-refractivity contribution is -0.123. The molecule has 1 amide bonds. The number of thiocarbonyl (C=S) groups is 1. The molecule has 6 rings (SSSR count). The van der Waals surface area contributed by atoms with Crippen molar-refractivity contribution in [3.8, 4) is 0 Å². The summed E-state index contributed by atoms with van der Waals surface area (Å²) < 4.78 is 2.17. The Morgan fingerprint density at radius 1 is 1.09 bits per heavy atom. The number of benzene rings is 1. The summed E-state index contributed by atoms with van der Waals surface area (Å²) in [4.78, 5) is 36.6. The highest BCUT2D eigenvalue weighted by atomic mass is 32.2. The van der Waals surface area contributed by atoms with E-state index in [9.17, 15) is 9.59 Å². The van der Waals surface area contributed by atoms with Gasteiger partial charge >= 0.3 is 0 Å². The summed E-state index contributed by atoms with van der Waals surface area (Å²) in [6.07, 6.45) is 8.57. The highest BCUT2D eigenvalue weighted by Crippen LogP contribution is 2.38. The van der Waals surface area contributed by atoms with Crippen molar-refractivity contribution in [3.05, 3.63) is 80.1 Å². The second-order valence-electron chi connectivity index (χ2n) is 9.47. The Morgan fingerprint density at radius 3 is 2.66 bits per heavy atom. The number of aryl methyl sites for hydroxylation is 1. The maximum Gasteiger partial charge on any atom is 0.267 e. The van der Waals surface area contributed by atoms with Crippen LogP contribution in [0.4, 0.5) is 5.82 Å². The Labute approximate surface area is 213 Å². The van der Waals surface area contributed by atoms with Gasteiger partial charge in [0.15, 0.2) is 0 Å². The first-order valence-electron chi connectivity index (χ1n) is 12.1. The topological polar surface area (TPSA) is 57.9 Å². The molecule has 35 heavy (non-hydrogen) atoms. The average Bonchev–Trinajstić information content (AvgIpc) is 3.48. The number of pyridine rings is 1. The summed E-state index contributed by atoms with van der Waals surface area (Å²) in [5.74, 6) is 0.542. The lowest BCUT2D eigenvalue weighted by Gasteiger charge is -2.31. The second kappa shape index (κ2) is 8.91. The third-order valence-electron chi connectivity index (χ3n) is 7.28. The Bertz CT molecular complexity index is 1460. The van der Waals surface area contributed by atoms with Crippen LogP contribution in [0.5, 0.6) is 0 Å². The van der Waals surface area contributed by atoms with E-state index in [1.54, 1.807) is 21.6 Å². The van der Waals surface area contributed by atoms with Crippen LogP contribution in [0.3, 0.4) is 0 Å². The van der Waals surface area contributed by atoms with E-state index in [0.29, 0.717) is 32.8 Å². The summed E-state index contributed by atoms with van der Waals surface area (Å²) in [5, 5.41) is 0. The standard InChI is InChI=1S/C27H26N4O2S2/c1-17-7-6-13-30-23(17)28-24(29-14-12-18-8-2-3-9-19(18)16-29)21(25(30)32)15-22-26(33)31(27(34)35-22)20-10-4-5-11-20/h2-3,6-9,13,15,20H,4-5,10-12,14,16H2,1H3. The van der Waals surface area contributed by atoms with Gasteiger partial charge in [-0.05, 0) is 55.0 Å². The van der Waals surface area contributed by atoms with Crippen molar-refractivity contribution in [1.82, 2.24) is 14.3 Å². The van der Waals surface area contributed by atoms with E-state index in [1.807, 2.05) is 25.1 Å². The van der Waals surface area contributed by atoms with Crippen molar-refractivity contribution in [2.75, 3.05) is 11.4 Å². The molecular weight excluding hydrogens is 476 g/mol. The van der Waals surface area contributed by atoms with Crippen molar-refractivity contribution in [1.29, 1.82) is 0 Å². The number of nitrogens with zero attached hydrogens (tertiary/aromatic N) is 4. The summed E-state index contributed by atoms with van der Waals surface area (Å²) in [7, 11) is 0. The third kappa shape index (κ3) is 3.89. The highest BCUT2D eigenvalue weighted by molar-refractivity contribution is 8.26. The molecule has 4 heterocycles. The molecular formula is C27H26N4O2S2. The molecule has 2 aliphatic heterocycles. The lowest BCUT2D eigenvalue weighted by Crippen LogP contribution is -2.36. The summed E-state index contributed by atoms with van der Waals surface area (Å²) in [6, 6.07) is 12.4. The molecule has 8 heteroatoms. The van der Waals surface area contributed by atoms with E-state index < -0.39 is 0 Å². The van der Waals surface area contributed by atoms with E-state index in [1.165, 1.54) is 22.9 Å². The minimum absolute atomic E-state index is 0.0874. The first-order chi connectivity index (χ1) is 17.0. The molecule has 178 valence electrons. The SMILES string of the molecule is Cc1cccn2c(=O)c(C=C3SC(=S)N(C4CCCC4)C3=O)c(N3CCc4ccccc4C3)nc12. The van der Waals surface area contributed by atoms with Crippen LogP contribution in [0.15, 0.2) is 52.3 Å². The van der Waals surface area contributed by atoms with Crippen molar-refractivity contribution < 1.29 is 4.79 Å². The highest BCUT2D eigenvalue weighted by Gasteiger charge is 2.38. The Hall–Kier alpha value is -2.97. The monoisotopic (exact) mass is 502 g/mol. The number of carbonyl (C=O) groups excluding carboxylic acids is 1. The molecule has 0 bridgehead atoms. The van der Waals surface area contributed by atoms with Crippen LogP contribution in [0.1, 0.15) is 47.9 Å². The number of hydrogen-bond acceptors (Lipinski definition) is 6. The fourth-order valence-electron chi connectivity index (χ4n) is 5.43. The Kier molecular flexibility index (Phi) is 5.73. The van der Waals surface area contributed by atoms with E-state index in [0.717, 1.165) is 44.2 Å². The number of rotatable bonds is 3. The Morgan fingerprint density at radius 2 is 1.86 bits per heavy atom. The van der Waals surface area contributed by atoms with Gasteiger partial charge in [0, 0.05) is 25.3 Å². The van der Waals surface area contributed by atoms with Gasteiger partial charge in [0.05, 0.1) is 10.5 Å². The van der Waals surface area contributed by atoms with Crippen molar-refractivity contribution in [2.45, 2.75) is 51.6 Å². The molecule has 0 N–H and O–H groups in total.